The minimum atomic E-state index is 0.211. The number of halogens is 1. The van der Waals surface area contributed by atoms with Crippen molar-refractivity contribution in [1.29, 1.82) is 0 Å². The van der Waals surface area contributed by atoms with Crippen molar-refractivity contribution >= 4 is 11.6 Å². The summed E-state index contributed by atoms with van der Waals surface area (Å²) in [4.78, 5) is 4.56. The van der Waals surface area contributed by atoms with Gasteiger partial charge < -0.3 is 5.32 Å². The van der Waals surface area contributed by atoms with Gasteiger partial charge in [-0.05, 0) is 80.0 Å². The van der Waals surface area contributed by atoms with Crippen LogP contribution in [0.3, 0.4) is 0 Å². The van der Waals surface area contributed by atoms with Gasteiger partial charge in [-0.2, -0.15) is 0 Å². The Labute approximate surface area is 174 Å². The Morgan fingerprint density at radius 2 is 1.79 bits per heavy atom. The minimum absolute atomic E-state index is 0.211. The van der Waals surface area contributed by atoms with Crippen LogP contribution in [0.5, 0.6) is 0 Å². The number of aromatic nitrogens is 1. The normalized spacial score (nSPS) is 19.2. The van der Waals surface area contributed by atoms with Gasteiger partial charge in [-0.3, -0.25) is 4.98 Å². The molecule has 2 aromatic rings. The summed E-state index contributed by atoms with van der Waals surface area (Å²) >= 11 is 6.08. The summed E-state index contributed by atoms with van der Waals surface area (Å²) in [7, 11) is 1.92. The second-order valence-electron chi connectivity index (χ2n) is 7.97. The monoisotopic (exact) mass is 392 g/mol. The molecule has 3 rings (SSSR count). The number of aryl methyl sites for hydroxylation is 3. The van der Waals surface area contributed by atoms with Crippen molar-refractivity contribution in [1.82, 2.24) is 10.3 Å². The molecule has 1 aliphatic rings. The number of allylic oxidation sites excluding steroid dienone is 3. The highest BCUT2D eigenvalue weighted by Gasteiger charge is 2.34. The summed E-state index contributed by atoms with van der Waals surface area (Å²) in [5, 5.41) is 3.82. The number of hydrogen-bond acceptors (Lipinski definition) is 2. The molecule has 146 valence electrons. The number of benzene rings is 1. The molecule has 3 heteroatoms. The number of rotatable bonds is 5. The molecular weight excluding hydrogens is 364 g/mol. The molecule has 1 aliphatic carbocycles. The maximum Gasteiger partial charge on any atom is 0.0732 e. The first-order chi connectivity index (χ1) is 13.2. The molecule has 2 atom stereocenters. The average molecular weight is 393 g/mol. The van der Waals surface area contributed by atoms with Crippen molar-refractivity contribution in [3.63, 3.8) is 0 Å². The third kappa shape index (κ3) is 3.79. The summed E-state index contributed by atoms with van der Waals surface area (Å²) < 4.78 is 0. The largest absolute Gasteiger partial charge is 0.392 e. The van der Waals surface area contributed by atoms with Crippen LogP contribution >= 0.6 is 11.6 Å². The Kier molecular flexibility index (Phi) is 5.81. The highest BCUT2D eigenvalue weighted by molar-refractivity contribution is 6.30. The number of pyridine rings is 1. The minimum Gasteiger partial charge on any atom is -0.392 e. The lowest BCUT2D eigenvalue weighted by atomic mass is 9.83. The fourth-order valence-corrected chi connectivity index (χ4v) is 4.68. The van der Waals surface area contributed by atoms with E-state index in [9.17, 15) is 0 Å². The van der Waals surface area contributed by atoms with E-state index in [-0.39, 0.29) is 5.92 Å². The zero-order valence-corrected chi connectivity index (χ0v) is 18.1. The molecule has 1 aromatic carbocycles. The van der Waals surface area contributed by atoms with Crippen LogP contribution in [0.2, 0.25) is 5.02 Å². The summed E-state index contributed by atoms with van der Waals surface area (Å²) in [6.07, 6.45) is 3.60. The van der Waals surface area contributed by atoms with Crippen molar-refractivity contribution in [2.24, 2.45) is 5.92 Å². The molecule has 0 saturated heterocycles. The van der Waals surface area contributed by atoms with Gasteiger partial charge in [0.1, 0.15) is 0 Å². The second kappa shape index (κ2) is 7.97. The van der Waals surface area contributed by atoms with Gasteiger partial charge in [-0.25, -0.2) is 0 Å². The van der Waals surface area contributed by atoms with Crippen LogP contribution in [0.25, 0.3) is 11.3 Å². The van der Waals surface area contributed by atoms with Crippen LogP contribution in [0.1, 0.15) is 41.0 Å². The first kappa shape index (κ1) is 20.4. The van der Waals surface area contributed by atoms with Crippen molar-refractivity contribution in [2.75, 3.05) is 7.05 Å². The van der Waals surface area contributed by atoms with E-state index in [1.54, 1.807) is 6.20 Å². The fourth-order valence-electron chi connectivity index (χ4n) is 4.47. The van der Waals surface area contributed by atoms with E-state index in [4.69, 9.17) is 11.6 Å². The van der Waals surface area contributed by atoms with Gasteiger partial charge >= 0.3 is 0 Å². The molecule has 1 heterocycles. The van der Waals surface area contributed by atoms with Crippen LogP contribution in [0.4, 0.5) is 0 Å². The predicted molar refractivity (Wildman–Crippen MR) is 121 cm³/mol. The predicted octanol–water partition coefficient (Wildman–Crippen LogP) is 6.67. The Morgan fingerprint density at radius 1 is 1.14 bits per heavy atom. The number of hydrogen-bond donors (Lipinski definition) is 1. The van der Waals surface area contributed by atoms with E-state index in [1.165, 1.54) is 27.8 Å². The van der Waals surface area contributed by atoms with E-state index >= 15 is 0 Å². The Balaban J connectivity index is 1.98. The summed E-state index contributed by atoms with van der Waals surface area (Å²) in [5.41, 5.74) is 10.6. The summed E-state index contributed by atoms with van der Waals surface area (Å²) in [6, 6.07) is 6.42. The van der Waals surface area contributed by atoms with Gasteiger partial charge in [-0.1, -0.05) is 42.5 Å². The highest BCUT2D eigenvalue weighted by atomic mass is 35.5. The van der Waals surface area contributed by atoms with E-state index in [1.807, 2.05) is 20.0 Å². The molecule has 0 bridgehead atoms. The van der Waals surface area contributed by atoms with Crippen LogP contribution < -0.4 is 5.32 Å². The molecule has 0 spiro atoms. The second-order valence-corrected chi connectivity index (χ2v) is 8.40. The molecule has 2 nitrogen and oxygen atoms in total. The smallest absolute Gasteiger partial charge is 0.0732 e. The van der Waals surface area contributed by atoms with Crippen LogP contribution in [-0.2, 0) is 0 Å². The number of nitrogens with one attached hydrogen (secondary N) is 1. The van der Waals surface area contributed by atoms with E-state index < -0.39 is 0 Å². The maximum absolute atomic E-state index is 6.08. The van der Waals surface area contributed by atoms with Crippen LogP contribution in [-0.4, -0.2) is 12.0 Å². The zero-order valence-electron chi connectivity index (χ0n) is 17.3. The third-order valence-electron chi connectivity index (χ3n) is 5.86. The average Bonchev–Trinajstić information content (AvgIpc) is 2.88. The standard InChI is InChI=1S/C25H29ClN2/c1-14-9-21(25-17(4)11-22(26)13-28-25)10-15(2)23(14)24-16(3)8-20(19(24)6)12-18(5)27-7/h9-11,13,20,24,27H,3,5-6,8,12H2,1-2,4,7H3. The Bertz CT molecular complexity index is 948. The van der Waals surface area contributed by atoms with Crippen molar-refractivity contribution in [3.05, 3.63) is 88.3 Å². The topological polar surface area (TPSA) is 24.9 Å². The molecule has 1 N–H and O–H groups in total. The van der Waals surface area contributed by atoms with Crippen LogP contribution in [0, 0.1) is 26.7 Å². The molecule has 0 radical (unpaired) electrons. The summed E-state index contributed by atoms with van der Waals surface area (Å²) in [5.74, 6) is 0.610. The van der Waals surface area contributed by atoms with Gasteiger partial charge in [0.05, 0.1) is 10.7 Å². The fraction of sp³-hybridized carbons (Fsp3) is 0.320. The van der Waals surface area contributed by atoms with E-state index in [2.05, 4.69) is 56.0 Å². The third-order valence-corrected chi connectivity index (χ3v) is 6.07. The van der Waals surface area contributed by atoms with Gasteiger partial charge in [0.15, 0.2) is 0 Å². The lowest BCUT2D eigenvalue weighted by Crippen LogP contribution is -2.10. The zero-order chi connectivity index (χ0) is 20.6. The molecule has 0 aliphatic heterocycles. The van der Waals surface area contributed by atoms with E-state index in [0.717, 1.165) is 35.4 Å². The van der Waals surface area contributed by atoms with Gasteiger partial charge in [-0.15, -0.1) is 0 Å². The lowest BCUT2D eigenvalue weighted by molar-refractivity contribution is 0.625. The first-order valence-corrected chi connectivity index (χ1v) is 10.1. The molecule has 1 saturated carbocycles. The molecule has 2 unspecified atom stereocenters. The van der Waals surface area contributed by atoms with Gasteiger partial charge in [0, 0.05) is 30.4 Å². The van der Waals surface area contributed by atoms with Gasteiger partial charge in [0.2, 0.25) is 0 Å². The SMILES string of the molecule is C=C(CC1CC(=C)C(c2c(C)cc(-c3ncc(Cl)cc3C)cc2C)C1=C)NC. The van der Waals surface area contributed by atoms with Crippen LogP contribution in [0.15, 0.2) is 61.0 Å². The molecule has 0 amide bonds. The Hall–Kier alpha value is -2.32. The molecule has 1 aromatic heterocycles. The number of nitrogens with zero attached hydrogens (tertiary/aromatic N) is 1. The van der Waals surface area contributed by atoms with Crippen molar-refractivity contribution in [3.8, 4) is 11.3 Å². The highest BCUT2D eigenvalue weighted by Crippen LogP contribution is 2.49. The first-order valence-electron chi connectivity index (χ1n) is 9.68. The van der Waals surface area contributed by atoms with E-state index in [0.29, 0.717) is 10.9 Å². The van der Waals surface area contributed by atoms with Crippen molar-refractivity contribution in [2.45, 2.75) is 39.5 Å². The quantitative estimate of drug-likeness (QED) is 0.575. The summed E-state index contributed by atoms with van der Waals surface area (Å²) in [6.45, 7) is 19.4. The Morgan fingerprint density at radius 3 is 2.36 bits per heavy atom. The lowest BCUT2D eigenvalue weighted by Gasteiger charge is -2.22. The molecule has 28 heavy (non-hydrogen) atoms. The maximum atomic E-state index is 6.08. The molecular formula is C25H29ClN2. The molecule has 1 fully saturated rings. The van der Waals surface area contributed by atoms with Crippen molar-refractivity contribution < 1.29 is 0 Å². The van der Waals surface area contributed by atoms with Gasteiger partial charge in [0.25, 0.3) is 0 Å².